The fraction of sp³-hybridized carbons (Fsp3) is 1.00. The monoisotopic (exact) mass is 234 g/mol. The van der Waals surface area contributed by atoms with Crippen molar-refractivity contribution < 1.29 is 23.7 Å². The molecule has 1 unspecified atom stereocenters. The molecule has 16 heavy (non-hydrogen) atoms. The summed E-state index contributed by atoms with van der Waals surface area (Å²) in [5, 5.41) is 0. The lowest BCUT2D eigenvalue weighted by molar-refractivity contribution is -0.197. The van der Waals surface area contributed by atoms with Gasteiger partial charge < -0.3 is 23.7 Å². The summed E-state index contributed by atoms with van der Waals surface area (Å²) < 4.78 is 26.1. The summed E-state index contributed by atoms with van der Waals surface area (Å²) in [5.74, 6) is 0. The van der Waals surface area contributed by atoms with Crippen LogP contribution in [0.3, 0.4) is 0 Å². The van der Waals surface area contributed by atoms with Gasteiger partial charge in [0.25, 0.3) is 0 Å². The van der Waals surface area contributed by atoms with Gasteiger partial charge in [0, 0.05) is 6.61 Å². The summed E-state index contributed by atoms with van der Waals surface area (Å²) in [4.78, 5) is 0. The van der Waals surface area contributed by atoms with E-state index in [9.17, 15) is 0 Å². The fourth-order valence-electron chi connectivity index (χ4n) is 1.38. The molecule has 1 heterocycles. The van der Waals surface area contributed by atoms with E-state index in [4.69, 9.17) is 23.7 Å². The second kappa shape index (κ2) is 7.97. The lowest BCUT2D eigenvalue weighted by atomic mass is 9.98. The van der Waals surface area contributed by atoms with E-state index in [0.29, 0.717) is 20.0 Å². The molecule has 0 saturated carbocycles. The summed E-state index contributed by atoms with van der Waals surface area (Å²) in [6.07, 6.45) is 1.77. The van der Waals surface area contributed by atoms with E-state index in [1.165, 1.54) is 0 Å². The summed E-state index contributed by atoms with van der Waals surface area (Å²) in [5.41, 5.74) is -0.113. The maximum absolute atomic E-state index is 5.54. The normalized spacial score (nSPS) is 25.9. The maximum Gasteiger partial charge on any atom is 0.149 e. The Balaban J connectivity index is 1.93. The minimum absolute atomic E-state index is 0.113. The molecule has 0 spiro atoms. The minimum atomic E-state index is -0.113. The summed E-state index contributed by atoms with van der Waals surface area (Å²) in [7, 11) is 0. The Hall–Kier alpha value is -0.200. The Morgan fingerprint density at radius 2 is 2.00 bits per heavy atom. The SMILES string of the molecule is CCOCOCOCCC1(C)CCOCO1. The Labute approximate surface area is 97.0 Å². The van der Waals surface area contributed by atoms with E-state index in [2.05, 4.69) is 6.92 Å². The molecule has 1 atom stereocenters. The van der Waals surface area contributed by atoms with Crippen LogP contribution in [0.1, 0.15) is 26.7 Å². The van der Waals surface area contributed by atoms with Gasteiger partial charge in [0.2, 0.25) is 0 Å². The molecule has 0 radical (unpaired) electrons. The standard InChI is InChI=1S/C11H22O5/c1-3-12-8-15-9-13-6-4-11(2)5-7-14-10-16-11/h3-10H2,1-2H3. The van der Waals surface area contributed by atoms with E-state index in [1.54, 1.807) is 0 Å². The smallest absolute Gasteiger partial charge is 0.149 e. The van der Waals surface area contributed by atoms with Crippen LogP contribution >= 0.6 is 0 Å². The Kier molecular flexibility index (Phi) is 6.91. The van der Waals surface area contributed by atoms with Gasteiger partial charge in [-0.25, -0.2) is 0 Å². The van der Waals surface area contributed by atoms with Crippen LogP contribution in [0.5, 0.6) is 0 Å². The highest BCUT2D eigenvalue weighted by Gasteiger charge is 2.27. The molecule has 96 valence electrons. The van der Waals surface area contributed by atoms with Crippen molar-refractivity contribution in [1.82, 2.24) is 0 Å². The van der Waals surface area contributed by atoms with Crippen molar-refractivity contribution in [2.45, 2.75) is 32.3 Å². The maximum atomic E-state index is 5.54. The van der Waals surface area contributed by atoms with Crippen molar-refractivity contribution in [2.24, 2.45) is 0 Å². The van der Waals surface area contributed by atoms with Gasteiger partial charge in [-0.2, -0.15) is 0 Å². The molecule has 0 bridgehead atoms. The second-order valence-electron chi connectivity index (χ2n) is 3.96. The lowest BCUT2D eigenvalue weighted by Gasteiger charge is -2.33. The predicted octanol–water partition coefficient (Wildman–Crippen LogP) is 1.51. The van der Waals surface area contributed by atoms with Gasteiger partial charge in [0.1, 0.15) is 20.4 Å². The molecule has 1 aliphatic rings. The van der Waals surface area contributed by atoms with Gasteiger partial charge in [-0.15, -0.1) is 0 Å². The first kappa shape index (κ1) is 13.9. The third-order valence-corrected chi connectivity index (χ3v) is 2.58. The molecule has 0 N–H and O–H groups in total. The highest BCUT2D eigenvalue weighted by atomic mass is 16.7. The van der Waals surface area contributed by atoms with Crippen LogP contribution in [0.15, 0.2) is 0 Å². The van der Waals surface area contributed by atoms with E-state index in [-0.39, 0.29) is 19.2 Å². The molecule has 5 heteroatoms. The third kappa shape index (κ3) is 5.77. The molecule has 1 fully saturated rings. The van der Waals surface area contributed by atoms with Crippen LogP contribution in [-0.4, -0.2) is 45.8 Å². The number of rotatable bonds is 8. The van der Waals surface area contributed by atoms with Crippen molar-refractivity contribution in [1.29, 1.82) is 0 Å². The predicted molar refractivity (Wildman–Crippen MR) is 57.9 cm³/mol. The third-order valence-electron chi connectivity index (χ3n) is 2.58. The molecule has 0 aromatic rings. The largest absolute Gasteiger partial charge is 0.356 e. The van der Waals surface area contributed by atoms with E-state index in [0.717, 1.165) is 19.4 Å². The Bertz CT molecular complexity index is 168. The average Bonchev–Trinajstić information content (AvgIpc) is 2.29. The van der Waals surface area contributed by atoms with E-state index >= 15 is 0 Å². The average molecular weight is 234 g/mol. The van der Waals surface area contributed by atoms with Crippen LogP contribution in [0.4, 0.5) is 0 Å². The summed E-state index contributed by atoms with van der Waals surface area (Å²) in [6.45, 7) is 7.00. The number of hydrogen-bond donors (Lipinski definition) is 0. The summed E-state index contributed by atoms with van der Waals surface area (Å²) in [6, 6.07) is 0. The zero-order chi connectivity index (χ0) is 11.7. The highest BCUT2D eigenvalue weighted by molar-refractivity contribution is 4.76. The first-order valence-corrected chi connectivity index (χ1v) is 5.72. The Morgan fingerprint density at radius 1 is 1.19 bits per heavy atom. The van der Waals surface area contributed by atoms with Crippen molar-refractivity contribution in [3.8, 4) is 0 Å². The van der Waals surface area contributed by atoms with Gasteiger partial charge in [-0.1, -0.05) is 0 Å². The van der Waals surface area contributed by atoms with Crippen LogP contribution in [0.2, 0.25) is 0 Å². The molecule has 1 saturated heterocycles. The quantitative estimate of drug-likeness (QED) is 0.470. The second-order valence-corrected chi connectivity index (χ2v) is 3.96. The van der Waals surface area contributed by atoms with Gasteiger partial charge in [-0.05, 0) is 26.7 Å². The van der Waals surface area contributed by atoms with Gasteiger partial charge in [0.05, 0.1) is 18.8 Å². The first-order valence-electron chi connectivity index (χ1n) is 5.72. The van der Waals surface area contributed by atoms with Gasteiger partial charge >= 0.3 is 0 Å². The van der Waals surface area contributed by atoms with Gasteiger partial charge in [0.15, 0.2) is 0 Å². The number of ether oxygens (including phenoxy) is 5. The van der Waals surface area contributed by atoms with Gasteiger partial charge in [-0.3, -0.25) is 0 Å². The van der Waals surface area contributed by atoms with Crippen LogP contribution in [-0.2, 0) is 23.7 Å². The van der Waals surface area contributed by atoms with E-state index < -0.39 is 0 Å². The molecule has 0 aromatic heterocycles. The first-order chi connectivity index (χ1) is 7.77. The molecular formula is C11H22O5. The molecule has 1 rings (SSSR count). The van der Waals surface area contributed by atoms with Crippen molar-refractivity contribution >= 4 is 0 Å². The van der Waals surface area contributed by atoms with Crippen LogP contribution < -0.4 is 0 Å². The fourth-order valence-corrected chi connectivity index (χ4v) is 1.38. The molecule has 0 aliphatic carbocycles. The van der Waals surface area contributed by atoms with Crippen LogP contribution in [0, 0.1) is 0 Å². The lowest BCUT2D eigenvalue weighted by Crippen LogP contribution is -2.37. The molecule has 1 aliphatic heterocycles. The van der Waals surface area contributed by atoms with Crippen LogP contribution in [0.25, 0.3) is 0 Å². The molecule has 0 aromatic carbocycles. The van der Waals surface area contributed by atoms with Crippen molar-refractivity contribution in [2.75, 3.05) is 40.2 Å². The Morgan fingerprint density at radius 3 is 2.69 bits per heavy atom. The topological polar surface area (TPSA) is 46.2 Å². The zero-order valence-electron chi connectivity index (χ0n) is 10.2. The molecular weight excluding hydrogens is 212 g/mol. The molecule has 5 nitrogen and oxygen atoms in total. The minimum Gasteiger partial charge on any atom is -0.356 e. The zero-order valence-corrected chi connectivity index (χ0v) is 10.2. The van der Waals surface area contributed by atoms with Crippen molar-refractivity contribution in [3.05, 3.63) is 0 Å². The highest BCUT2D eigenvalue weighted by Crippen LogP contribution is 2.23. The van der Waals surface area contributed by atoms with Crippen molar-refractivity contribution in [3.63, 3.8) is 0 Å². The van der Waals surface area contributed by atoms with E-state index in [1.807, 2.05) is 6.92 Å². The number of hydrogen-bond acceptors (Lipinski definition) is 5. The molecule has 0 amide bonds. The summed E-state index contributed by atoms with van der Waals surface area (Å²) >= 11 is 0.